The highest BCUT2D eigenvalue weighted by atomic mass is 32.2. The van der Waals surface area contributed by atoms with Crippen molar-refractivity contribution in [3.05, 3.63) is 12.1 Å². The van der Waals surface area contributed by atoms with Crippen molar-refractivity contribution in [1.29, 1.82) is 0 Å². The topological polar surface area (TPSA) is 48.1 Å². The molecule has 0 spiro atoms. The average molecular weight is 212 g/mol. The van der Waals surface area contributed by atoms with Gasteiger partial charge in [0.1, 0.15) is 5.03 Å². The van der Waals surface area contributed by atoms with Gasteiger partial charge in [0.25, 0.3) is 0 Å². The predicted octanol–water partition coefficient (Wildman–Crippen LogP) is 2.56. The molecule has 1 aromatic heterocycles. The molecular formula is C10H16N2OS. The summed E-state index contributed by atoms with van der Waals surface area (Å²) in [6.45, 7) is 4.81. The maximum Gasteiger partial charge on any atom is 0.238 e. The molecule has 4 heteroatoms. The Morgan fingerprint density at radius 3 is 2.86 bits per heavy atom. The van der Waals surface area contributed by atoms with E-state index in [2.05, 4.69) is 18.8 Å². The monoisotopic (exact) mass is 212 g/mol. The van der Waals surface area contributed by atoms with Crippen LogP contribution < -0.4 is 10.5 Å². The molecule has 3 nitrogen and oxygen atoms in total. The lowest BCUT2D eigenvalue weighted by Crippen LogP contribution is -2.01. The SMILES string of the molecule is CCCOc1nc(SCC)ccc1N. The van der Waals surface area contributed by atoms with Gasteiger partial charge in [-0.2, -0.15) is 0 Å². The molecule has 1 heterocycles. The Labute approximate surface area is 89.1 Å². The second kappa shape index (κ2) is 5.75. The number of ether oxygens (including phenoxy) is 1. The number of hydrogen-bond donors (Lipinski definition) is 1. The van der Waals surface area contributed by atoms with Gasteiger partial charge >= 0.3 is 0 Å². The Balaban J connectivity index is 2.74. The summed E-state index contributed by atoms with van der Waals surface area (Å²) < 4.78 is 5.42. The van der Waals surface area contributed by atoms with Crippen molar-refractivity contribution in [1.82, 2.24) is 4.98 Å². The van der Waals surface area contributed by atoms with Crippen molar-refractivity contribution >= 4 is 17.4 Å². The van der Waals surface area contributed by atoms with Crippen LogP contribution in [-0.2, 0) is 0 Å². The number of aromatic nitrogens is 1. The number of nitrogen functional groups attached to an aromatic ring is 1. The fraction of sp³-hybridized carbons (Fsp3) is 0.500. The zero-order valence-corrected chi connectivity index (χ0v) is 9.43. The first-order valence-corrected chi connectivity index (χ1v) is 5.78. The van der Waals surface area contributed by atoms with E-state index < -0.39 is 0 Å². The summed E-state index contributed by atoms with van der Waals surface area (Å²) in [5.74, 6) is 1.56. The van der Waals surface area contributed by atoms with Gasteiger partial charge in [0.2, 0.25) is 5.88 Å². The van der Waals surface area contributed by atoms with E-state index in [-0.39, 0.29) is 0 Å². The standard InChI is InChI=1S/C10H16N2OS/c1-3-7-13-10-8(11)5-6-9(12-10)14-4-2/h5-6H,3-4,7,11H2,1-2H3. The van der Waals surface area contributed by atoms with Gasteiger partial charge in [0, 0.05) is 0 Å². The molecule has 0 unspecified atom stereocenters. The minimum absolute atomic E-state index is 0.560. The fourth-order valence-corrected chi connectivity index (χ4v) is 1.58. The van der Waals surface area contributed by atoms with Crippen LogP contribution in [0.3, 0.4) is 0 Å². The molecule has 0 aromatic carbocycles. The number of nitrogens with zero attached hydrogens (tertiary/aromatic N) is 1. The first-order valence-electron chi connectivity index (χ1n) is 4.80. The van der Waals surface area contributed by atoms with Crippen LogP contribution in [0.15, 0.2) is 17.2 Å². The Hall–Kier alpha value is -0.900. The van der Waals surface area contributed by atoms with Gasteiger partial charge < -0.3 is 10.5 Å². The summed E-state index contributed by atoms with van der Waals surface area (Å²) >= 11 is 1.68. The van der Waals surface area contributed by atoms with E-state index in [1.54, 1.807) is 11.8 Å². The Bertz CT molecular complexity index is 291. The predicted molar refractivity (Wildman–Crippen MR) is 60.8 cm³/mol. The molecule has 0 radical (unpaired) electrons. The molecule has 0 bridgehead atoms. The van der Waals surface area contributed by atoms with Crippen LogP contribution in [0.1, 0.15) is 20.3 Å². The van der Waals surface area contributed by atoms with Crippen molar-refractivity contribution in [2.45, 2.75) is 25.3 Å². The van der Waals surface area contributed by atoms with E-state index in [1.807, 2.05) is 12.1 Å². The van der Waals surface area contributed by atoms with Gasteiger partial charge in [-0.3, -0.25) is 0 Å². The third kappa shape index (κ3) is 3.10. The van der Waals surface area contributed by atoms with Gasteiger partial charge in [0.15, 0.2) is 0 Å². The molecule has 78 valence electrons. The van der Waals surface area contributed by atoms with E-state index >= 15 is 0 Å². The zero-order chi connectivity index (χ0) is 10.4. The first-order chi connectivity index (χ1) is 6.77. The molecule has 0 aliphatic rings. The van der Waals surface area contributed by atoms with E-state index in [1.165, 1.54) is 0 Å². The molecule has 1 aromatic rings. The lowest BCUT2D eigenvalue weighted by molar-refractivity contribution is 0.305. The van der Waals surface area contributed by atoms with Crippen molar-refractivity contribution in [3.63, 3.8) is 0 Å². The quantitative estimate of drug-likeness (QED) is 0.762. The Morgan fingerprint density at radius 1 is 1.43 bits per heavy atom. The van der Waals surface area contributed by atoms with Gasteiger partial charge in [-0.05, 0) is 24.3 Å². The Morgan fingerprint density at radius 2 is 2.21 bits per heavy atom. The lowest BCUT2D eigenvalue weighted by Gasteiger charge is -2.07. The molecule has 0 fully saturated rings. The zero-order valence-electron chi connectivity index (χ0n) is 8.62. The number of pyridine rings is 1. The van der Waals surface area contributed by atoms with E-state index in [0.717, 1.165) is 17.2 Å². The average Bonchev–Trinajstić information content (AvgIpc) is 2.19. The van der Waals surface area contributed by atoms with Crippen molar-refractivity contribution < 1.29 is 4.74 Å². The van der Waals surface area contributed by atoms with Gasteiger partial charge in [-0.1, -0.05) is 13.8 Å². The smallest absolute Gasteiger partial charge is 0.238 e. The molecule has 2 N–H and O–H groups in total. The summed E-state index contributed by atoms with van der Waals surface area (Å²) in [6.07, 6.45) is 0.965. The van der Waals surface area contributed by atoms with Crippen molar-refractivity contribution in [2.24, 2.45) is 0 Å². The van der Waals surface area contributed by atoms with Crippen LogP contribution in [0.4, 0.5) is 5.69 Å². The second-order valence-electron chi connectivity index (χ2n) is 2.83. The highest BCUT2D eigenvalue weighted by Crippen LogP contribution is 2.23. The molecule has 1 rings (SSSR count). The maximum atomic E-state index is 5.73. The van der Waals surface area contributed by atoms with Crippen LogP contribution in [0.2, 0.25) is 0 Å². The summed E-state index contributed by atoms with van der Waals surface area (Å²) in [4.78, 5) is 4.32. The Kier molecular flexibility index (Phi) is 4.59. The normalized spacial score (nSPS) is 10.1. The molecule has 0 saturated carbocycles. The number of nitrogens with two attached hydrogens (primary N) is 1. The largest absolute Gasteiger partial charge is 0.476 e. The molecule has 14 heavy (non-hydrogen) atoms. The lowest BCUT2D eigenvalue weighted by atomic mass is 10.4. The van der Waals surface area contributed by atoms with Crippen LogP contribution in [0.25, 0.3) is 0 Å². The minimum Gasteiger partial charge on any atom is -0.476 e. The minimum atomic E-state index is 0.560. The maximum absolute atomic E-state index is 5.73. The summed E-state index contributed by atoms with van der Waals surface area (Å²) in [5, 5.41) is 0.966. The van der Waals surface area contributed by atoms with Gasteiger partial charge in [0.05, 0.1) is 12.3 Å². The second-order valence-corrected chi connectivity index (χ2v) is 4.11. The van der Waals surface area contributed by atoms with Crippen LogP contribution in [0, 0.1) is 0 Å². The van der Waals surface area contributed by atoms with Crippen LogP contribution >= 0.6 is 11.8 Å². The molecule has 0 saturated heterocycles. The van der Waals surface area contributed by atoms with Crippen molar-refractivity contribution in [3.8, 4) is 5.88 Å². The highest BCUT2D eigenvalue weighted by Gasteiger charge is 2.03. The number of anilines is 1. The fourth-order valence-electron chi connectivity index (χ4n) is 0.977. The van der Waals surface area contributed by atoms with E-state index in [4.69, 9.17) is 10.5 Å². The molecule has 0 amide bonds. The molecule has 0 aliphatic heterocycles. The summed E-state index contributed by atoms with van der Waals surface area (Å²) in [6, 6.07) is 3.76. The molecular weight excluding hydrogens is 196 g/mol. The molecule has 0 aliphatic carbocycles. The van der Waals surface area contributed by atoms with Gasteiger partial charge in [-0.25, -0.2) is 4.98 Å². The summed E-state index contributed by atoms with van der Waals surface area (Å²) in [5.41, 5.74) is 6.34. The third-order valence-electron chi connectivity index (χ3n) is 1.60. The first kappa shape index (κ1) is 11.2. The summed E-state index contributed by atoms with van der Waals surface area (Å²) in [7, 11) is 0. The number of hydrogen-bond acceptors (Lipinski definition) is 4. The van der Waals surface area contributed by atoms with E-state index in [0.29, 0.717) is 18.2 Å². The number of rotatable bonds is 5. The molecule has 0 atom stereocenters. The van der Waals surface area contributed by atoms with Crippen LogP contribution in [-0.4, -0.2) is 17.3 Å². The van der Waals surface area contributed by atoms with E-state index in [9.17, 15) is 0 Å². The third-order valence-corrected chi connectivity index (χ3v) is 2.41. The van der Waals surface area contributed by atoms with Crippen molar-refractivity contribution in [2.75, 3.05) is 18.1 Å². The highest BCUT2D eigenvalue weighted by molar-refractivity contribution is 7.99. The van der Waals surface area contributed by atoms with Crippen LogP contribution in [0.5, 0.6) is 5.88 Å². The van der Waals surface area contributed by atoms with Gasteiger partial charge in [-0.15, -0.1) is 11.8 Å². The number of thioether (sulfide) groups is 1.